The Morgan fingerprint density at radius 1 is 1.44 bits per heavy atom. The third-order valence-corrected chi connectivity index (χ3v) is 3.47. The summed E-state index contributed by atoms with van der Waals surface area (Å²) >= 11 is 4.94. The molecule has 0 aliphatic heterocycles. The number of carbonyl (C=O) groups is 1. The molecule has 3 nitrogen and oxygen atoms in total. The van der Waals surface area contributed by atoms with Gasteiger partial charge >= 0.3 is 0 Å². The molecule has 16 heavy (non-hydrogen) atoms. The lowest BCUT2D eigenvalue weighted by Gasteiger charge is -2.25. The fraction of sp³-hybridized carbons (Fsp3) is 0.833. The van der Waals surface area contributed by atoms with E-state index in [0.29, 0.717) is 11.0 Å². The first kappa shape index (κ1) is 13.4. The van der Waals surface area contributed by atoms with Gasteiger partial charge in [0.15, 0.2) is 0 Å². The van der Waals surface area contributed by atoms with Crippen molar-refractivity contribution < 1.29 is 4.79 Å². The fourth-order valence-corrected chi connectivity index (χ4v) is 2.46. The van der Waals surface area contributed by atoms with Crippen molar-refractivity contribution in [3.8, 4) is 0 Å². The van der Waals surface area contributed by atoms with Crippen LogP contribution in [0.1, 0.15) is 51.9 Å². The van der Waals surface area contributed by atoms with Gasteiger partial charge < -0.3 is 11.1 Å². The highest BCUT2D eigenvalue weighted by molar-refractivity contribution is 7.80. The lowest BCUT2D eigenvalue weighted by atomic mass is 9.94. The molecule has 0 bridgehead atoms. The topological polar surface area (TPSA) is 55.1 Å². The molecule has 0 saturated heterocycles. The molecule has 1 atom stereocenters. The molecule has 0 spiro atoms. The minimum absolute atomic E-state index is 0.0289. The van der Waals surface area contributed by atoms with Crippen LogP contribution in [-0.2, 0) is 4.79 Å². The standard InChI is InChI=1S/C12H22N2OS/c1-2-6-10(11(13)16)12(15)14-9-7-4-3-5-8-9/h9-10H,2-8H2,1H3,(H2,13,16)(H,14,15). The molecule has 0 aromatic rings. The van der Waals surface area contributed by atoms with Crippen molar-refractivity contribution in [3.63, 3.8) is 0 Å². The summed E-state index contributed by atoms with van der Waals surface area (Å²) in [4.78, 5) is 12.3. The molecule has 0 aromatic carbocycles. The number of nitrogens with two attached hydrogens (primary N) is 1. The van der Waals surface area contributed by atoms with Crippen molar-refractivity contribution in [3.05, 3.63) is 0 Å². The zero-order valence-electron chi connectivity index (χ0n) is 10.00. The van der Waals surface area contributed by atoms with Crippen LogP contribution in [0.3, 0.4) is 0 Å². The second-order valence-corrected chi connectivity index (χ2v) is 5.06. The highest BCUT2D eigenvalue weighted by atomic mass is 32.1. The van der Waals surface area contributed by atoms with E-state index in [1.165, 1.54) is 19.3 Å². The van der Waals surface area contributed by atoms with Crippen LogP contribution in [0.15, 0.2) is 0 Å². The van der Waals surface area contributed by atoms with Crippen molar-refractivity contribution in [2.45, 2.75) is 57.9 Å². The van der Waals surface area contributed by atoms with Gasteiger partial charge in [-0.1, -0.05) is 44.8 Å². The van der Waals surface area contributed by atoms with Crippen LogP contribution >= 0.6 is 12.2 Å². The number of carbonyl (C=O) groups excluding carboxylic acids is 1. The Kier molecular flexibility index (Phi) is 5.74. The van der Waals surface area contributed by atoms with Gasteiger partial charge in [-0.05, 0) is 19.3 Å². The Bertz CT molecular complexity index is 249. The van der Waals surface area contributed by atoms with Crippen molar-refractivity contribution in [2.24, 2.45) is 11.7 Å². The maximum Gasteiger partial charge on any atom is 0.230 e. The monoisotopic (exact) mass is 242 g/mol. The minimum Gasteiger partial charge on any atom is -0.393 e. The fourth-order valence-electron chi connectivity index (χ4n) is 2.24. The molecule has 1 amide bonds. The number of hydrogen-bond acceptors (Lipinski definition) is 2. The number of nitrogens with one attached hydrogen (secondary N) is 1. The summed E-state index contributed by atoms with van der Waals surface area (Å²) in [6.07, 6.45) is 7.62. The molecule has 0 radical (unpaired) electrons. The molecule has 92 valence electrons. The number of hydrogen-bond donors (Lipinski definition) is 2. The average molecular weight is 242 g/mol. The maximum atomic E-state index is 12.0. The first-order valence-corrected chi connectivity index (χ1v) is 6.65. The van der Waals surface area contributed by atoms with Crippen LogP contribution in [0, 0.1) is 5.92 Å². The van der Waals surface area contributed by atoms with Gasteiger partial charge in [-0.15, -0.1) is 0 Å². The van der Waals surface area contributed by atoms with Crippen LogP contribution in [0.5, 0.6) is 0 Å². The molecule has 0 aromatic heterocycles. The summed E-state index contributed by atoms with van der Waals surface area (Å²) in [6.45, 7) is 2.04. The van der Waals surface area contributed by atoms with Crippen LogP contribution in [0.4, 0.5) is 0 Å². The van der Waals surface area contributed by atoms with E-state index >= 15 is 0 Å². The van der Waals surface area contributed by atoms with E-state index in [4.69, 9.17) is 18.0 Å². The van der Waals surface area contributed by atoms with E-state index in [0.717, 1.165) is 25.7 Å². The summed E-state index contributed by atoms with van der Waals surface area (Å²) in [7, 11) is 0. The smallest absolute Gasteiger partial charge is 0.230 e. The molecule has 1 aliphatic carbocycles. The summed E-state index contributed by atoms with van der Waals surface area (Å²) in [5, 5.41) is 3.08. The third-order valence-electron chi connectivity index (χ3n) is 3.19. The van der Waals surface area contributed by atoms with Crippen LogP contribution in [0.2, 0.25) is 0 Å². The predicted molar refractivity (Wildman–Crippen MR) is 70.2 cm³/mol. The normalized spacial score (nSPS) is 19.1. The Labute approximate surface area is 103 Å². The van der Waals surface area contributed by atoms with Gasteiger partial charge in [0.1, 0.15) is 0 Å². The number of thiocarbonyl (C=S) groups is 1. The molecule has 1 unspecified atom stereocenters. The van der Waals surface area contributed by atoms with E-state index in [-0.39, 0.29) is 11.8 Å². The molecular formula is C12H22N2OS. The van der Waals surface area contributed by atoms with Gasteiger partial charge in [0.2, 0.25) is 5.91 Å². The summed E-state index contributed by atoms with van der Waals surface area (Å²) in [6, 6.07) is 0.343. The summed E-state index contributed by atoms with van der Waals surface area (Å²) < 4.78 is 0. The minimum atomic E-state index is -0.276. The van der Waals surface area contributed by atoms with Crippen LogP contribution in [0.25, 0.3) is 0 Å². The van der Waals surface area contributed by atoms with Gasteiger partial charge in [0.05, 0.1) is 10.9 Å². The van der Waals surface area contributed by atoms with E-state index in [1.54, 1.807) is 0 Å². The van der Waals surface area contributed by atoms with Crippen LogP contribution < -0.4 is 11.1 Å². The Balaban J connectivity index is 2.44. The van der Waals surface area contributed by atoms with Gasteiger partial charge in [0.25, 0.3) is 0 Å². The van der Waals surface area contributed by atoms with Gasteiger partial charge in [-0.3, -0.25) is 4.79 Å². The molecule has 1 saturated carbocycles. The highest BCUT2D eigenvalue weighted by Gasteiger charge is 2.23. The van der Waals surface area contributed by atoms with Crippen molar-refractivity contribution in [2.75, 3.05) is 0 Å². The second kappa shape index (κ2) is 6.84. The van der Waals surface area contributed by atoms with E-state index in [2.05, 4.69) is 5.32 Å². The van der Waals surface area contributed by atoms with E-state index in [9.17, 15) is 4.79 Å². The molecule has 1 fully saturated rings. The molecule has 4 heteroatoms. The van der Waals surface area contributed by atoms with E-state index < -0.39 is 0 Å². The summed E-state index contributed by atoms with van der Waals surface area (Å²) in [5.74, 6) is -0.247. The maximum absolute atomic E-state index is 12.0. The predicted octanol–water partition coefficient (Wildman–Crippen LogP) is 2.14. The Morgan fingerprint density at radius 3 is 2.56 bits per heavy atom. The Morgan fingerprint density at radius 2 is 2.06 bits per heavy atom. The quantitative estimate of drug-likeness (QED) is 0.726. The summed E-state index contributed by atoms with van der Waals surface area (Å²) in [5.41, 5.74) is 5.60. The number of rotatable bonds is 5. The molecule has 3 N–H and O–H groups in total. The lowest BCUT2D eigenvalue weighted by Crippen LogP contribution is -2.43. The first-order chi connectivity index (χ1) is 7.65. The van der Waals surface area contributed by atoms with Crippen molar-refractivity contribution in [1.82, 2.24) is 5.32 Å². The third kappa shape index (κ3) is 4.08. The number of amides is 1. The van der Waals surface area contributed by atoms with Crippen molar-refractivity contribution in [1.29, 1.82) is 0 Å². The van der Waals surface area contributed by atoms with Gasteiger partial charge in [0, 0.05) is 6.04 Å². The molecule has 0 heterocycles. The SMILES string of the molecule is CCCC(C(=O)NC1CCCCC1)C(N)=S. The van der Waals surface area contributed by atoms with E-state index in [1.807, 2.05) is 6.92 Å². The van der Waals surface area contributed by atoms with Gasteiger partial charge in [-0.2, -0.15) is 0 Å². The van der Waals surface area contributed by atoms with Crippen molar-refractivity contribution >= 4 is 23.1 Å². The molecule has 1 rings (SSSR count). The average Bonchev–Trinajstić information content (AvgIpc) is 2.26. The Hall–Kier alpha value is -0.640. The largest absolute Gasteiger partial charge is 0.393 e. The molecular weight excluding hydrogens is 220 g/mol. The zero-order chi connectivity index (χ0) is 12.0. The first-order valence-electron chi connectivity index (χ1n) is 6.24. The lowest BCUT2D eigenvalue weighted by molar-refractivity contribution is -0.124. The van der Waals surface area contributed by atoms with Crippen LogP contribution in [-0.4, -0.2) is 16.9 Å². The second-order valence-electron chi connectivity index (χ2n) is 4.59. The van der Waals surface area contributed by atoms with Gasteiger partial charge in [-0.25, -0.2) is 0 Å². The zero-order valence-corrected chi connectivity index (χ0v) is 10.8. The highest BCUT2D eigenvalue weighted by Crippen LogP contribution is 2.18. The molecule has 1 aliphatic rings.